The molecule has 1 aromatic heterocycles. The quantitative estimate of drug-likeness (QED) is 0.366. The predicted octanol–water partition coefficient (Wildman–Crippen LogP) is 6.27. The number of para-hydroxylation sites is 1. The van der Waals surface area contributed by atoms with E-state index in [0.29, 0.717) is 5.56 Å². The van der Waals surface area contributed by atoms with E-state index in [1.54, 1.807) is 17.2 Å². The summed E-state index contributed by atoms with van der Waals surface area (Å²) in [6.07, 6.45) is 3.35. The molecule has 3 aromatic carbocycles. The fourth-order valence-corrected chi connectivity index (χ4v) is 3.69. The van der Waals surface area contributed by atoms with Gasteiger partial charge in [-0.05, 0) is 55.7 Å². The first-order chi connectivity index (χ1) is 15.9. The molecule has 0 spiro atoms. The van der Waals surface area contributed by atoms with Crippen molar-refractivity contribution in [1.82, 2.24) is 4.98 Å². The number of aromatic nitrogens is 1. The number of pyridine rings is 1. The van der Waals surface area contributed by atoms with Crippen LogP contribution in [0.25, 0.3) is 22.3 Å². The summed E-state index contributed by atoms with van der Waals surface area (Å²) >= 11 is 0. The van der Waals surface area contributed by atoms with Gasteiger partial charge in [0.15, 0.2) is 0 Å². The summed E-state index contributed by atoms with van der Waals surface area (Å²) in [4.78, 5) is 19.1. The minimum Gasteiger partial charge on any atom is -0.422 e. The molecule has 0 saturated carbocycles. The molecule has 0 aliphatic heterocycles. The van der Waals surface area contributed by atoms with E-state index in [1.807, 2.05) is 79.7 Å². The Morgan fingerprint density at radius 3 is 2.36 bits per heavy atom. The lowest BCUT2D eigenvalue weighted by atomic mass is 9.98. The van der Waals surface area contributed by atoms with Gasteiger partial charge in [0.05, 0.1) is 5.56 Å². The Bertz CT molecular complexity index is 1270. The Morgan fingerprint density at radius 2 is 1.61 bits per heavy atom. The first kappa shape index (κ1) is 22.3. The summed E-state index contributed by atoms with van der Waals surface area (Å²) < 4.78 is 0. The third-order valence-electron chi connectivity index (χ3n) is 5.64. The van der Waals surface area contributed by atoms with E-state index in [1.165, 1.54) is 0 Å². The van der Waals surface area contributed by atoms with Gasteiger partial charge in [-0.2, -0.15) is 0 Å². The van der Waals surface area contributed by atoms with Crippen LogP contribution in [0.5, 0.6) is 0 Å². The van der Waals surface area contributed by atoms with E-state index in [0.717, 1.165) is 39.2 Å². The fraction of sp³-hybridized carbons (Fsp3) is 0.143. The van der Waals surface area contributed by atoms with Crippen molar-refractivity contribution in [2.75, 3.05) is 10.1 Å². The number of aryl methyl sites for hydroxylation is 1. The number of hydrogen-bond acceptors (Lipinski definition) is 3. The minimum atomic E-state index is -0.198. The molecule has 5 heteroatoms. The van der Waals surface area contributed by atoms with Crippen molar-refractivity contribution in [1.29, 1.82) is 0 Å². The lowest BCUT2D eigenvalue weighted by Crippen LogP contribution is -2.27. The van der Waals surface area contributed by atoms with Crippen molar-refractivity contribution in [2.45, 2.75) is 26.8 Å². The molecule has 0 saturated heterocycles. The number of anilines is 2. The molecule has 4 rings (SSSR count). The average Bonchev–Trinajstić information content (AvgIpc) is 2.85. The Morgan fingerprint density at radius 1 is 0.879 bits per heavy atom. The smallest absolute Gasteiger partial charge is 0.257 e. The molecule has 162 valence electrons. The van der Waals surface area contributed by atoms with E-state index >= 15 is 0 Å². The van der Waals surface area contributed by atoms with Crippen LogP contribution < -0.4 is 10.1 Å². The second-order valence-corrected chi connectivity index (χ2v) is 8.33. The molecule has 1 N–H and O–H groups in total. The number of carbonyl (C=O) groups is 1. The van der Waals surface area contributed by atoms with Gasteiger partial charge in [-0.1, -0.05) is 60.7 Å². The van der Waals surface area contributed by atoms with Gasteiger partial charge in [0, 0.05) is 40.9 Å². The zero-order valence-electron chi connectivity index (χ0n) is 19.1. The average molecular weight is 431 g/mol. The summed E-state index contributed by atoms with van der Waals surface area (Å²) in [6.45, 7) is 6.08. The van der Waals surface area contributed by atoms with Crippen molar-refractivity contribution in [2.24, 2.45) is 0 Å². The summed E-state index contributed by atoms with van der Waals surface area (Å²) in [5, 5.41) is 3.06. The van der Waals surface area contributed by atoms with E-state index < -0.39 is 0 Å². The van der Waals surface area contributed by atoms with Crippen molar-refractivity contribution in [3.05, 3.63) is 102 Å². The Balaban J connectivity index is 1.64. The van der Waals surface area contributed by atoms with Crippen LogP contribution in [0.15, 0.2) is 91.3 Å². The molecule has 0 bridgehead atoms. The van der Waals surface area contributed by atoms with Crippen LogP contribution in [0.1, 0.15) is 29.8 Å². The molecule has 4 aromatic rings. The van der Waals surface area contributed by atoms with Crippen molar-refractivity contribution in [3.8, 4) is 22.3 Å². The highest BCUT2D eigenvalue weighted by Gasteiger charge is 2.14. The molecule has 0 aliphatic carbocycles. The van der Waals surface area contributed by atoms with E-state index in [4.69, 9.17) is 7.98 Å². The number of hydrogen-bond donors (Lipinski definition) is 1. The van der Waals surface area contributed by atoms with Crippen LogP contribution in [-0.4, -0.2) is 24.9 Å². The number of benzene rings is 3. The maximum absolute atomic E-state index is 13.1. The maximum atomic E-state index is 13.1. The van der Waals surface area contributed by atoms with E-state index in [2.05, 4.69) is 30.2 Å². The number of rotatable bonds is 6. The number of nitrogens with one attached hydrogen (secondary N) is 1. The normalized spacial score (nSPS) is 10.8. The summed E-state index contributed by atoms with van der Waals surface area (Å²) in [5.41, 5.74) is 7.10. The molecule has 0 unspecified atom stereocenters. The largest absolute Gasteiger partial charge is 0.422 e. The predicted molar refractivity (Wildman–Crippen MR) is 138 cm³/mol. The van der Waals surface area contributed by atoms with Crippen LogP contribution in [0.4, 0.5) is 11.4 Å². The van der Waals surface area contributed by atoms with Crippen LogP contribution in [0.2, 0.25) is 0 Å². The standard InChI is InChI=1S/C28H26BN3O/c1-19(2)32(29)27-12-8-7-11-25(27)22-14-13-20(3)26(16-22)31-28(33)24-15-23(17-30-18-24)21-9-5-4-6-10-21/h4-19H,1-3H3,(H,31,33). The first-order valence-corrected chi connectivity index (χ1v) is 11.0. The third kappa shape index (κ3) is 4.98. The lowest BCUT2D eigenvalue weighted by Gasteiger charge is -2.27. The van der Waals surface area contributed by atoms with Crippen LogP contribution in [-0.2, 0) is 0 Å². The summed E-state index contributed by atoms with van der Waals surface area (Å²) in [5.74, 6) is -0.198. The summed E-state index contributed by atoms with van der Waals surface area (Å²) in [7, 11) is 6.32. The third-order valence-corrected chi connectivity index (χ3v) is 5.64. The highest BCUT2D eigenvalue weighted by Crippen LogP contribution is 2.33. The van der Waals surface area contributed by atoms with Crippen LogP contribution in [0, 0.1) is 6.92 Å². The fourth-order valence-electron chi connectivity index (χ4n) is 3.69. The van der Waals surface area contributed by atoms with Crippen molar-refractivity contribution < 1.29 is 4.79 Å². The van der Waals surface area contributed by atoms with Gasteiger partial charge < -0.3 is 10.1 Å². The van der Waals surface area contributed by atoms with Gasteiger partial charge in [-0.25, -0.2) is 0 Å². The second kappa shape index (κ2) is 9.74. The number of amides is 1. The Hall–Kier alpha value is -3.86. The van der Waals surface area contributed by atoms with Crippen molar-refractivity contribution in [3.63, 3.8) is 0 Å². The molecule has 1 heterocycles. The first-order valence-electron chi connectivity index (χ1n) is 11.0. The molecule has 0 fully saturated rings. The highest BCUT2D eigenvalue weighted by atomic mass is 16.1. The SMILES string of the molecule is [B]N(c1ccccc1-c1ccc(C)c(NC(=O)c2cncc(-c3ccccc3)c2)c1)C(C)C. The zero-order valence-corrected chi connectivity index (χ0v) is 19.1. The topological polar surface area (TPSA) is 45.2 Å². The van der Waals surface area contributed by atoms with Gasteiger partial charge in [0.25, 0.3) is 5.91 Å². The minimum absolute atomic E-state index is 0.153. The molecule has 0 aliphatic rings. The number of nitrogens with zero attached hydrogens (tertiary/aromatic N) is 2. The van der Waals surface area contributed by atoms with Gasteiger partial charge in [0.2, 0.25) is 7.98 Å². The Kier molecular flexibility index (Phi) is 6.59. The zero-order chi connectivity index (χ0) is 23.4. The van der Waals surface area contributed by atoms with E-state index in [9.17, 15) is 4.79 Å². The monoisotopic (exact) mass is 431 g/mol. The second-order valence-electron chi connectivity index (χ2n) is 8.33. The van der Waals surface area contributed by atoms with Gasteiger partial charge in [-0.15, -0.1) is 0 Å². The molecule has 4 nitrogen and oxygen atoms in total. The van der Waals surface area contributed by atoms with Gasteiger partial charge >= 0.3 is 0 Å². The highest BCUT2D eigenvalue weighted by molar-refractivity contribution is 6.19. The number of carbonyl (C=O) groups excluding carboxylic acids is 1. The maximum Gasteiger partial charge on any atom is 0.257 e. The molecule has 0 atom stereocenters. The van der Waals surface area contributed by atoms with Crippen LogP contribution in [0.3, 0.4) is 0 Å². The molecular formula is C28H26BN3O. The van der Waals surface area contributed by atoms with Gasteiger partial charge in [-0.3, -0.25) is 9.78 Å². The van der Waals surface area contributed by atoms with Gasteiger partial charge in [0.1, 0.15) is 0 Å². The Labute approximate surface area is 196 Å². The summed E-state index contributed by atoms with van der Waals surface area (Å²) in [6, 6.07) is 26.0. The molecule has 33 heavy (non-hydrogen) atoms. The molecular weight excluding hydrogens is 405 g/mol. The molecule has 1 amide bonds. The molecule has 2 radical (unpaired) electrons. The van der Waals surface area contributed by atoms with Crippen molar-refractivity contribution >= 4 is 25.3 Å². The lowest BCUT2D eigenvalue weighted by molar-refractivity contribution is 0.102. The van der Waals surface area contributed by atoms with E-state index in [-0.39, 0.29) is 11.9 Å². The van der Waals surface area contributed by atoms with Crippen LogP contribution >= 0.6 is 0 Å².